The lowest BCUT2D eigenvalue weighted by atomic mass is 9.97. The Morgan fingerprint density at radius 2 is 1.93 bits per heavy atom. The van der Waals surface area contributed by atoms with Crippen molar-refractivity contribution >= 4 is 9.84 Å². The molecule has 3 fully saturated rings. The lowest BCUT2D eigenvalue weighted by Crippen LogP contribution is -2.36. The second-order valence-corrected chi connectivity index (χ2v) is 11.4. The van der Waals surface area contributed by atoms with E-state index in [2.05, 4.69) is 28.9 Å². The van der Waals surface area contributed by atoms with Gasteiger partial charge in [0.2, 0.25) is 15.0 Å². The lowest BCUT2D eigenvalue weighted by Gasteiger charge is -2.31. The Morgan fingerprint density at radius 1 is 1.17 bits per heavy atom. The number of rotatable bonds is 9. The summed E-state index contributed by atoms with van der Waals surface area (Å²) in [6.07, 6.45) is 8.43. The number of hydrogen-bond donors (Lipinski definition) is 0. The molecule has 1 saturated carbocycles. The summed E-state index contributed by atoms with van der Waals surface area (Å²) in [6, 6.07) is 0. The molecule has 4 rings (SSSR count). The van der Waals surface area contributed by atoms with E-state index in [4.69, 9.17) is 4.74 Å². The van der Waals surface area contributed by atoms with Gasteiger partial charge in [-0.3, -0.25) is 0 Å². The van der Waals surface area contributed by atoms with Gasteiger partial charge in [0.15, 0.2) is 0 Å². The van der Waals surface area contributed by atoms with Crippen LogP contribution in [0.15, 0.2) is 11.4 Å². The Hall–Kier alpha value is -0.960. The highest BCUT2D eigenvalue weighted by atomic mass is 32.2. The molecule has 1 unspecified atom stereocenters. The van der Waals surface area contributed by atoms with Crippen LogP contribution >= 0.6 is 0 Å². The fraction of sp³-hybridized carbons (Fsp3) is 0.857. The molecule has 164 valence electrons. The van der Waals surface area contributed by atoms with E-state index in [1.165, 1.54) is 25.9 Å². The molecule has 0 bridgehead atoms. The molecule has 29 heavy (non-hydrogen) atoms. The Labute approximate surface area is 175 Å². The molecular weight excluding hydrogens is 388 g/mol. The number of likely N-dealkylation sites (tertiary alicyclic amines) is 1. The van der Waals surface area contributed by atoms with Crippen LogP contribution in [0, 0.1) is 11.8 Å². The van der Waals surface area contributed by atoms with Crippen molar-refractivity contribution in [2.75, 3.05) is 46.1 Å². The van der Waals surface area contributed by atoms with E-state index in [-0.39, 0.29) is 17.0 Å². The molecule has 3 aliphatic rings. The maximum atomic E-state index is 13.0. The number of imidazole rings is 1. The predicted molar refractivity (Wildman–Crippen MR) is 113 cm³/mol. The molecule has 1 atom stereocenters. The maximum absolute atomic E-state index is 13.0. The van der Waals surface area contributed by atoms with Crippen molar-refractivity contribution in [1.29, 1.82) is 0 Å². The molecule has 3 heterocycles. The third-order valence-electron chi connectivity index (χ3n) is 6.58. The zero-order valence-electron chi connectivity index (χ0n) is 17.9. The SMILES string of the molecule is CN1CCC(CN(C)Cc2cnc(S(=O)(=O)CC3CC3)n2CC2CCCO2)CC1. The van der Waals surface area contributed by atoms with Crippen LogP contribution in [0.5, 0.6) is 0 Å². The van der Waals surface area contributed by atoms with Crippen molar-refractivity contribution in [3.8, 4) is 0 Å². The predicted octanol–water partition coefficient (Wildman–Crippen LogP) is 2.02. The van der Waals surface area contributed by atoms with Gasteiger partial charge in [0.25, 0.3) is 0 Å². The fourth-order valence-corrected chi connectivity index (χ4v) is 6.49. The molecule has 0 spiro atoms. The van der Waals surface area contributed by atoms with Gasteiger partial charge >= 0.3 is 0 Å². The van der Waals surface area contributed by atoms with Gasteiger partial charge in [-0.15, -0.1) is 0 Å². The average molecular weight is 425 g/mol. The Kier molecular flexibility index (Phi) is 6.63. The Balaban J connectivity index is 1.47. The van der Waals surface area contributed by atoms with Crippen LogP contribution in [0.3, 0.4) is 0 Å². The molecule has 8 heteroatoms. The quantitative estimate of drug-likeness (QED) is 0.604. The van der Waals surface area contributed by atoms with Crippen LogP contribution in [0.1, 0.15) is 44.2 Å². The lowest BCUT2D eigenvalue weighted by molar-refractivity contribution is 0.0931. The minimum atomic E-state index is -3.35. The van der Waals surface area contributed by atoms with Gasteiger partial charge in [0, 0.05) is 19.7 Å². The second kappa shape index (κ2) is 9.04. The molecule has 1 aromatic rings. The number of aromatic nitrogens is 2. The molecule has 1 aliphatic carbocycles. The van der Waals surface area contributed by atoms with Crippen molar-refractivity contribution in [3.05, 3.63) is 11.9 Å². The minimum Gasteiger partial charge on any atom is -0.376 e. The topological polar surface area (TPSA) is 67.7 Å². The molecule has 2 saturated heterocycles. The molecule has 0 aromatic carbocycles. The van der Waals surface area contributed by atoms with Crippen LogP contribution in [0.4, 0.5) is 0 Å². The summed E-state index contributed by atoms with van der Waals surface area (Å²) < 4.78 is 33.7. The monoisotopic (exact) mass is 424 g/mol. The van der Waals surface area contributed by atoms with Crippen molar-refractivity contribution < 1.29 is 13.2 Å². The van der Waals surface area contributed by atoms with Gasteiger partial charge in [0.1, 0.15) is 0 Å². The largest absolute Gasteiger partial charge is 0.376 e. The minimum absolute atomic E-state index is 0.0945. The molecule has 7 nitrogen and oxygen atoms in total. The van der Waals surface area contributed by atoms with Crippen LogP contribution in [0.25, 0.3) is 0 Å². The zero-order chi connectivity index (χ0) is 20.4. The maximum Gasteiger partial charge on any atom is 0.227 e. The number of piperidine rings is 1. The van der Waals surface area contributed by atoms with Gasteiger partial charge in [0.05, 0.1) is 30.3 Å². The summed E-state index contributed by atoms with van der Waals surface area (Å²) in [7, 11) is 0.981. The van der Waals surface area contributed by atoms with Crippen molar-refractivity contribution in [3.63, 3.8) is 0 Å². The first-order valence-electron chi connectivity index (χ1n) is 11.2. The van der Waals surface area contributed by atoms with Gasteiger partial charge in [-0.1, -0.05) is 0 Å². The third kappa shape index (κ3) is 5.60. The highest BCUT2D eigenvalue weighted by Crippen LogP contribution is 2.32. The van der Waals surface area contributed by atoms with E-state index in [0.29, 0.717) is 18.4 Å². The Morgan fingerprint density at radius 3 is 2.59 bits per heavy atom. The number of ether oxygens (including phenoxy) is 1. The van der Waals surface area contributed by atoms with E-state index in [0.717, 1.165) is 51.1 Å². The van der Waals surface area contributed by atoms with E-state index in [9.17, 15) is 8.42 Å². The molecule has 2 aliphatic heterocycles. The fourth-order valence-electron chi connectivity index (χ4n) is 4.65. The standard InChI is InChI=1S/C21H36N4O3S/c1-23-9-7-17(8-10-23)13-24(2)14-19-12-22-21(29(26,27)16-18-5-6-18)25(19)15-20-4-3-11-28-20/h12,17-18,20H,3-11,13-16H2,1-2H3. The number of hydrogen-bond acceptors (Lipinski definition) is 6. The molecule has 0 radical (unpaired) electrons. The van der Waals surface area contributed by atoms with Crippen molar-refractivity contribution in [2.24, 2.45) is 11.8 Å². The highest BCUT2D eigenvalue weighted by molar-refractivity contribution is 7.91. The summed E-state index contributed by atoms with van der Waals surface area (Å²) in [4.78, 5) is 9.13. The summed E-state index contributed by atoms with van der Waals surface area (Å²) in [6.45, 7) is 5.47. The first kappa shape index (κ1) is 21.3. The molecule has 1 aromatic heterocycles. The smallest absolute Gasteiger partial charge is 0.227 e. The number of sulfone groups is 1. The first-order valence-corrected chi connectivity index (χ1v) is 12.8. The van der Waals surface area contributed by atoms with Crippen LogP contribution in [0.2, 0.25) is 0 Å². The van der Waals surface area contributed by atoms with Crippen LogP contribution in [-0.2, 0) is 27.7 Å². The van der Waals surface area contributed by atoms with Crippen molar-refractivity contribution in [2.45, 2.75) is 62.9 Å². The average Bonchev–Trinajstić information content (AvgIpc) is 3.15. The summed E-state index contributed by atoms with van der Waals surface area (Å²) in [5.74, 6) is 1.27. The zero-order valence-corrected chi connectivity index (χ0v) is 18.7. The summed E-state index contributed by atoms with van der Waals surface area (Å²) in [5.41, 5.74) is 0.991. The van der Waals surface area contributed by atoms with Gasteiger partial charge in [-0.2, -0.15) is 0 Å². The van der Waals surface area contributed by atoms with E-state index in [1.807, 2.05) is 4.57 Å². The Bertz CT molecular complexity index is 776. The van der Waals surface area contributed by atoms with Crippen LogP contribution in [-0.4, -0.2) is 80.0 Å². The number of nitrogens with zero attached hydrogens (tertiary/aromatic N) is 4. The highest BCUT2D eigenvalue weighted by Gasteiger charge is 2.33. The van der Waals surface area contributed by atoms with Gasteiger partial charge in [-0.25, -0.2) is 13.4 Å². The third-order valence-corrected chi connectivity index (χ3v) is 8.37. The van der Waals surface area contributed by atoms with E-state index in [1.54, 1.807) is 6.20 Å². The van der Waals surface area contributed by atoms with E-state index >= 15 is 0 Å². The van der Waals surface area contributed by atoms with Gasteiger partial charge in [-0.05, 0) is 77.5 Å². The van der Waals surface area contributed by atoms with E-state index < -0.39 is 9.84 Å². The van der Waals surface area contributed by atoms with Crippen LogP contribution < -0.4 is 0 Å². The van der Waals surface area contributed by atoms with Gasteiger partial charge < -0.3 is 19.1 Å². The molecule has 0 amide bonds. The molecular formula is C21H36N4O3S. The van der Waals surface area contributed by atoms with Crippen molar-refractivity contribution in [1.82, 2.24) is 19.4 Å². The summed E-state index contributed by atoms with van der Waals surface area (Å²) >= 11 is 0. The molecule has 0 N–H and O–H groups in total. The normalized spacial score (nSPS) is 24.6. The first-order chi connectivity index (χ1) is 13.9. The summed E-state index contributed by atoms with van der Waals surface area (Å²) in [5, 5.41) is 0.252. The second-order valence-electron chi connectivity index (χ2n) is 9.45.